The van der Waals surface area contributed by atoms with Crippen molar-refractivity contribution in [2.45, 2.75) is 6.10 Å². The van der Waals surface area contributed by atoms with Gasteiger partial charge >= 0.3 is 6.09 Å². The summed E-state index contributed by atoms with van der Waals surface area (Å²) < 4.78 is 6.48. The van der Waals surface area contributed by atoms with Crippen molar-refractivity contribution in [1.82, 2.24) is 5.32 Å². The van der Waals surface area contributed by atoms with Gasteiger partial charge in [-0.15, -0.1) is 0 Å². The van der Waals surface area contributed by atoms with E-state index in [0.29, 0.717) is 0 Å². The molecule has 0 aromatic heterocycles. The summed E-state index contributed by atoms with van der Waals surface area (Å²) in [5.41, 5.74) is 1.78. The summed E-state index contributed by atoms with van der Waals surface area (Å²) >= 11 is 9.39. The molecule has 0 saturated heterocycles. The first-order chi connectivity index (χ1) is 13.0. The van der Waals surface area contributed by atoms with Crippen LogP contribution in [0.1, 0.15) is 27.6 Å². The quantitative estimate of drug-likeness (QED) is 0.557. The molecule has 2 amide bonds. The number of nitrogens with one attached hydrogen (secondary N) is 1. The van der Waals surface area contributed by atoms with E-state index in [0.717, 1.165) is 15.6 Å². The lowest BCUT2D eigenvalue weighted by molar-refractivity contribution is 0.0877. The van der Waals surface area contributed by atoms with Crippen LogP contribution in [0.3, 0.4) is 0 Å². The van der Waals surface area contributed by atoms with Gasteiger partial charge in [-0.25, -0.2) is 4.79 Å². The summed E-state index contributed by atoms with van der Waals surface area (Å²) in [6.45, 7) is 0. The highest BCUT2D eigenvalue weighted by Crippen LogP contribution is 2.27. The lowest BCUT2D eigenvalue weighted by atomic mass is 10.0. The third kappa shape index (κ3) is 4.96. The van der Waals surface area contributed by atoms with E-state index in [2.05, 4.69) is 21.2 Å². The van der Waals surface area contributed by atoms with Crippen LogP contribution in [0.15, 0.2) is 83.3 Å². The van der Waals surface area contributed by atoms with Gasteiger partial charge in [0.15, 0.2) is 6.10 Å². The second kappa shape index (κ2) is 8.84. The predicted octanol–water partition coefficient (Wildman–Crippen LogP) is 5.76. The molecular weight excluding hydrogens is 430 g/mol. The molecule has 0 heterocycles. The van der Waals surface area contributed by atoms with Gasteiger partial charge in [0.1, 0.15) is 0 Å². The maximum Gasteiger partial charge on any atom is 0.415 e. The molecular formula is C21H15BrClNO3. The Labute approximate surface area is 170 Å². The molecule has 4 nitrogen and oxygen atoms in total. The monoisotopic (exact) mass is 443 g/mol. The Balaban J connectivity index is 1.80. The van der Waals surface area contributed by atoms with Gasteiger partial charge in [0.05, 0.1) is 10.6 Å². The number of imide groups is 1. The van der Waals surface area contributed by atoms with E-state index in [9.17, 15) is 9.59 Å². The van der Waals surface area contributed by atoms with Gasteiger partial charge < -0.3 is 4.74 Å². The van der Waals surface area contributed by atoms with Crippen LogP contribution >= 0.6 is 27.5 Å². The Morgan fingerprint density at radius 2 is 1.44 bits per heavy atom. The third-order valence-electron chi connectivity index (χ3n) is 3.83. The molecule has 0 saturated carbocycles. The van der Waals surface area contributed by atoms with E-state index < -0.39 is 18.1 Å². The van der Waals surface area contributed by atoms with E-state index in [4.69, 9.17) is 16.3 Å². The Morgan fingerprint density at radius 1 is 0.852 bits per heavy atom. The third-order valence-corrected chi connectivity index (χ3v) is 4.69. The van der Waals surface area contributed by atoms with Gasteiger partial charge in [-0.2, -0.15) is 0 Å². The second-order valence-electron chi connectivity index (χ2n) is 5.68. The Kier molecular flexibility index (Phi) is 6.27. The second-order valence-corrected chi connectivity index (χ2v) is 7.00. The van der Waals surface area contributed by atoms with Crippen LogP contribution < -0.4 is 5.32 Å². The maximum atomic E-state index is 12.4. The highest BCUT2D eigenvalue weighted by molar-refractivity contribution is 9.10. The van der Waals surface area contributed by atoms with Crippen molar-refractivity contribution in [3.8, 4) is 0 Å². The molecule has 27 heavy (non-hydrogen) atoms. The first-order valence-electron chi connectivity index (χ1n) is 8.11. The lowest BCUT2D eigenvalue weighted by Gasteiger charge is -2.19. The average molecular weight is 445 g/mol. The molecule has 3 rings (SSSR count). The Hall–Kier alpha value is -2.63. The van der Waals surface area contributed by atoms with Crippen LogP contribution in [0.4, 0.5) is 4.79 Å². The fourth-order valence-electron chi connectivity index (χ4n) is 2.54. The number of amides is 2. The molecule has 0 aliphatic rings. The first-order valence-corrected chi connectivity index (χ1v) is 9.28. The summed E-state index contributed by atoms with van der Waals surface area (Å²) in [5.74, 6) is -0.617. The van der Waals surface area contributed by atoms with Crippen molar-refractivity contribution in [2.24, 2.45) is 0 Å². The maximum absolute atomic E-state index is 12.4. The number of carbonyl (C=O) groups is 2. The Morgan fingerprint density at radius 3 is 2.11 bits per heavy atom. The standard InChI is InChI=1S/C21H15BrClNO3/c22-16-12-10-15(11-13-16)19(14-6-2-1-3-7-14)27-21(26)24-20(25)17-8-4-5-9-18(17)23/h1-13,19H,(H,24,25,26). The van der Waals surface area contributed by atoms with Gasteiger partial charge in [0.2, 0.25) is 0 Å². The molecule has 0 fully saturated rings. The Bertz CT molecular complexity index is 945. The molecule has 0 aliphatic heterocycles. The van der Waals surface area contributed by atoms with Gasteiger partial charge in [-0.3, -0.25) is 10.1 Å². The van der Waals surface area contributed by atoms with Crippen LogP contribution in [-0.4, -0.2) is 12.0 Å². The summed E-state index contributed by atoms with van der Waals surface area (Å²) in [5, 5.41) is 2.48. The number of benzene rings is 3. The van der Waals surface area contributed by atoms with Crippen LogP contribution in [0.5, 0.6) is 0 Å². The van der Waals surface area contributed by atoms with Crippen molar-refractivity contribution in [3.05, 3.63) is 105 Å². The minimum Gasteiger partial charge on any atom is -0.436 e. The molecule has 136 valence electrons. The smallest absolute Gasteiger partial charge is 0.415 e. The molecule has 6 heteroatoms. The summed E-state index contributed by atoms with van der Waals surface area (Å²) in [6, 6.07) is 23.2. The SMILES string of the molecule is O=C(NC(=O)c1ccccc1Cl)OC(c1ccccc1)c1ccc(Br)cc1. The van der Waals surface area contributed by atoms with E-state index in [1.807, 2.05) is 54.6 Å². The van der Waals surface area contributed by atoms with E-state index in [1.165, 1.54) is 6.07 Å². The van der Waals surface area contributed by atoms with Crippen LogP contribution in [-0.2, 0) is 4.74 Å². The van der Waals surface area contributed by atoms with Crippen LogP contribution in [0.2, 0.25) is 5.02 Å². The van der Waals surface area contributed by atoms with Crippen molar-refractivity contribution in [1.29, 1.82) is 0 Å². The number of halogens is 2. The number of hydrogen-bond acceptors (Lipinski definition) is 3. The normalized spacial score (nSPS) is 11.5. The van der Waals surface area contributed by atoms with Crippen molar-refractivity contribution in [2.75, 3.05) is 0 Å². The van der Waals surface area contributed by atoms with Crippen LogP contribution in [0, 0.1) is 0 Å². The zero-order valence-electron chi connectivity index (χ0n) is 14.1. The number of rotatable bonds is 4. The molecule has 0 aliphatic carbocycles. The lowest BCUT2D eigenvalue weighted by Crippen LogP contribution is -2.32. The molecule has 3 aromatic rings. The topological polar surface area (TPSA) is 55.4 Å². The molecule has 1 atom stereocenters. The highest BCUT2D eigenvalue weighted by atomic mass is 79.9. The zero-order chi connectivity index (χ0) is 19.2. The number of hydrogen-bond donors (Lipinski definition) is 1. The zero-order valence-corrected chi connectivity index (χ0v) is 16.4. The molecule has 1 N–H and O–H groups in total. The van der Waals surface area contributed by atoms with E-state index >= 15 is 0 Å². The molecule has 0 spiro atoms. The van der Waals surface area contributed by atoms with E-state index in [1.54, 1.807) is 18.2 Å². The van der Waals surface area contributed by atoms with Crippen molar-refractivity contribution in [3.63, 3.8) is 0 Å². The van der Waals surface area contributed by atoms with Crippen molar-refractivity contribution < 1.29 is 14.3 Å². The molecule has 0 radical (unpaired) electrons. The summed E-state index contributed by atoms with van der Waals surface area (Å²) in [6.07, 6.45) is -1.50. The van der Waals surface area contributed by atoms with E-state index in [-0.39, 0.29) is 10.6 Å². The number of ether oxygens (including phenoxy) is 1. The molecule has 3 aromatic carbocycles. The minimum absolute atomic E-state index is 0.205. The molecule has 0 bridgehead atoms. The van der Waals surface area contributed by atoms with Gasteiger partial charge in [-0.05, 0) is 35.4 Å². The summed E-state index contributed by atoms with van der Waals surface area (Å²) in [7, 11) is 0. The average Bonchev–Trinajstić information content (AvgIpc) is 2.68. The fraction of sp³-hybridized carbons (Fsp3) is 0.0476. The highest BCUT2D eigenvalue weighted by Gasteiger charge is 2.21. The minimum atomic E-state index is -0.850. The van der Waals surface area contributed by atoms with Crippen molar-refractivity contribution >= 4 is 39.5 Å². The van der Waals surface area contributed by atoms with Gasteiger partial charge in [-0.1, -0.05) is 82.1 Å². The van der Waals surface area contributed by atoms with Gasteiger partial charge in [0.25, 0.3) is 5.91 Å². The molecule has 1 unspecified atom stereocenters. The van der Waals surface area contributed by atoms with Crippen LogP contribution in [0.25, 0.3) is 0 Å². The summed E-state index contributed by atoms with van der Waals surface area (Å²) in [4.78, 5) is 24.6. The fourth-order valence-corrected chi connectivity index (χ4v) is 3.02. The van der Waals surface area contributed by atoms with Gasteiger partial charge in [0, 0.05) is 4.47 Å². The first kappa shape index (κ1) is 19.1. The largest absolute Gasteiger partial charge is 0.436 e. The predicted molar refractivity (Wildman–Crippen MR) is 108 cm³/mol. The number of carbonyl (C=O) groups excluding carboxylic acids is 2. The number of alkyl carbamates (subject to hydrolysis) is 1.